The molecule has 1 aromatic rings. The van der Waals surface area contributed by atoms with Gasteiger partial charge >= 0.3 is 11.9 Å². The van der Waals surface area contributed by atoms with Gasteiger partial charge in [0.05, 0.1) is 12.7 Å². The molecule has 0 atom stereocenters. The Morgan fingerprint density at radius 1 is 1.42 bits per heavy atom. The average Bonchev–Trinajstić information content (AvgIpc) is 2.70. The molecule has 1 saturated carbocycles. The van der Waals surface area contributed by atoms with E-state index in [4.69, 9.17) is 19.0 Å². The highest BCUT2D eigenvalue weighted by Crippen LogP contribution is 2.33. The Balaban J connectivity index is 1.94. The van der Waals surface area contributed by atoms with Crippen molar-refractivity contribution in [3.05, 3.63) is 11.6 Å². The summed E-state index contributed by atoms with van der Waals surface area (Å²) in [6, 6.07) is 0. The van der Waals surface area contributed by atoms with Gasteiger partial charge in [-0.25, -0.2) is 9.78 Å². The van der Waals surface area contributed by atoms with Gasteiger partial charge in [-0.05, 0) is 32.6 Å². The van der Waals surface area contributed by atoms with Crippen molar-refractivity contribution in [2.45, 2.75) is 39.2 Å². The van der Waals surface area contributed by atoms with Crippen LogP contribution in [-0.4, -0.2) is 35.4 Å². The van der Waals surface area contributed by atoms with Crippen molar-refractivity contribution in [2.75, 3.05) is 13.2 Å². The van der Waals surface area contributed by atoms with Crippen molar-refractivity contribution >= 4 is 5.97 Å². The number of hydrogen-bond acceptors (Lipinski definition) is 5. The average molecular weight is 269 g/mol. The molecule has 6 nitrogen and oxygen atoms in total. The van der Waals surface area contributed by atoms with Crippen LogP contribution in [0.15, 0.2) is 4.42 Å². The second-order valence-corrected chi connectivity index (χ2v) is 4.60. The Morgan fingerprint density at radius 2 is 2.16 bits per heavy atom. The molecular weight excluding hydrogens is 250 g/mol. The number of ether oxygens (including phenoxy) is 2. The fraction of sp³-hybridized carbons (Fsp3) is 0.692. The molecule has 0 saturated heterocycles. The third kappa shape index (κ3) is 3.26. The summed E-state index contributed by atoms with van der Waals surface area (Å²) in [5.74, 6) is -0.239. The number of carboxylic acids is 1. The molecule has 1 aliphatic rings. The van der Waals surface area contributed by atoms with Gasteiger partial charge in [0.15, 0.2) is 5.89 Å². The minimum Gasteiger partial charge on any atom is -0.476 e. The molecular formula is C13H19NO5. The van der Waals surface area contributed by atoms with Gasteiger partial charge in [0.2, 0.25) is 5.69 Å². The standard InChI is InChI=1S/C13H19NO5/c1-3-17-9-5-8(6-9)7-10-14-11(12(15)16)13(19-10)18-4-2/h8-9H,3-7H2,1-2H3,(H,15,16). The second kappa shape index (κ2) is 6.06. The van der Waals surface area contributed by atoms with E-state index in [0.29, 0.717) is 30.9 Å². The smallest absolute Gasteiger partial charge is 0.362 e. The number of nitrogens with zero attached hydrogens (tertiary/aromatic N) is 1. The molecule has 0 unspecified atom stereocenters. The van der Waals surface area contributed by atoms with Crippen LogP contribution in [0.2, 0.25) is 0 Å². The predicted octanol–water partition coefficient (Wildman–Crippen LogP) is 2.13. The maximum absolute atomic E-state index is 11.0. The van der Waals surface area contributed by atoms with Crippen molar-refractivity contribution in [1.29, 1.82) is 0 Å². The van der Waals surface area contributed by atoms with Crippen molar-refractivity contribution in [1.82, 2.24) is 4.98 Å². The molecule has 1 fully saturated rings. The Kier molecular flexibility index (Phi) is 4.42. The molecule has 106 valence electrons. The molecule has 1 heterocycles. The van der Waals surface area contributed by atoms with E-state index < -0.39 is 5.97 Å². The lowest BCUT2D eigenvalue weighted by Gasteiger charge is -2.34. The third-order valence-electron chi connectivity index (χ3n) is 3.18. The third-order valence-corrected chi connectivity index (χ3v) is 3.18. The molecule has 19 heavy (non-hydrogen) atoms. The van der Waals surface area contributed by atoms with Gasteiger partial charge < -0.3 is 19.0 Å². The van der Waals surface area contributed by atoms with E-state index in [0.717, 1.165) is 19.4 Å². The zero-order chi connectivity index (χ0) is 13.8. The van der Waals surface area contributed by atoms with Gasteiger partial charge in [-0.3, -0.25) is 0 Å². The molecule has 1 N–H and O–H groups in total. The van der Waals surface area contributed by atoms with Gasteiger partial charge in [0, 0.05) is 13.0 Å². The van der Waals surface area contributed by atoms with Crippen LogP contribution < -0.4 is 4.74 Å². The Bertz CT molecular complexity index is 436. The van der Waals surface area contributed by atoms with E-state index in [1.165, 1.54) is 0 Å². The van der Waals surface area contributed by atoms with Crippen LogP contribution in [-0.2, 0) is 11.2 Å². The highest BCUT2D eigenvalue weighted by atomic mass is 16.6. The van der Waals surface area contributed by atoms with Gasteiger partial charge in [-0.2, -0.15) is 0 Å². The predicted molar refractivity (Wildman–Crippen MR) is 66.5 cm³/mol. The largest absolute Gasteiger partial charge is 0.476 e. The minimum absolute atomic E-state index is 0.00526. The number of oxazole rings is 1. The first-order chi connectivity index (χ1) is 9.13. The number of carbonyl (C=O) groups is 1. The Hall–Kier alpha value is -1.56. The van der Waals surface area contributed by atoms with Crippen LogP contribution in [0.1, 0.15) is 43.1 Å². The number of rotatable bonds is 7. The van der Waals surface area contributed by atoms with E-state index in [1.54, 1.807) is 6.92 Å². The number of carboxylic acid groups (broad SMARTS) is 1. The van der Waals surface area contributed by atoms with Gasteiger partial charge in [-0.1, -0.05) is 0 Å². The lowest BCUT2D eigenvalue weighted by Crippen LogP contribution is -2.32. The molecule has 0 bridgehead atoms. The molecule has 2 rings (SSSR count). The molecule has 0 radical (unpaired) electrons. The first-order valence-electron chi connectivity index (χ1n) is 6.61. The summed E-state index contributed by atoms with van der Waals surface area (Å²) in [6.07, 6.45) is 2.91. The summed E-state index contributed by atoms with van der Waals surface area (Å²) in [7, 11) is 0. The summed E-state index contributed by atoms with van der Waals surface area (Å²) in [6.45, 7) is 4.83. The van der Waals surface area contributed by atoms with E-state index in [2.05, 4.69) is 4.98 Å². The van der Waals surface area contributed by atoms with Crippen LogP contribution in [0.4, 0.5) is 0 Å². The van der Waals surface area contributed by atoms with Gasteiger partial charge in [-0.15, -0.1) is 0 Å². The summed E-state index contributed by atoms with van der Waals surface area (Å²) in [4.78, 5) is 15.0. The Labute approximate surface area is 111 Å². The molecule has 0 aromatic carbocycles. The maximum Gasteiger partial charge on any atom is 0.362 e. The second-order valence-electron chi connectivity index (χ2n) is 4.60. The molecule has 1 aromatic heterocycles. The number of hydrogen-bond donors (Lipinski definition) is 1. The summed E-state index contributed by atoms with van der Waals surface area (Å²) >= 11 is 0. The number of aromatic carboxylic acids is 1. The quantitative estimate of drug-likeness (QED) is 0.816. The highest BCUT2D eigenvalue weighted by molar-refractivity contribution is 5.87. The van der Waals surface area contributed by atoms with Crippen molar-refractivity contribution in [3.63, 3.8) is 0 Å². The molecule has 0 aliphatic heterocycles. The first kappa shape index (κ1) is 13.9. The maximum atomic E-state index is 11.0. The highest BCUT2D eigenvalue weighted by Gasteiger charge is 2.32. The van der Waals surface area contributed by atoms with E-state index in [-0.39, 0.29) is 11.6 Å². The monoisotopic (exact) mass is 269 g/mol. The SMILES string of the molecule is CCOc1oc(CC2CC(OCC)C2)nc1C(=O)O. The van der Waals surface area contributed by atoms with Crippen LogP contribution in [0.3, 0.4) is 0 Å². The van der Waals surface area contributed by atoms with Crippen LogP contribution in [0.5, 0.6) is 5.95 Å². The number of aromatic nitrogens is 1. The van der Waals surface area contributed by atoms with Crippen molar-refractivity contribution in [3.8, 4) is 5.95 Å². The van der Waals surface area contributed by atoms with E-state index >= 15 is 0 Å². The molecule has 6 heteroatoms. The summed E-state index contributed by atoms with van der Waals surface area (Å²) in [5.41, 5.74) is -0.141. The fourth-order valence-corrected chi connectivity index (χ4v) is 2.26. The van der Waals surface area contributed by atoms with Crippen LogP contribution in [0.25, 0.3) is 0 Å². The van der Waals surface area contributed by atoms with E-state index in [9.17, 15) is 4.79 Å². The van der Waals surface area contributed by atoms with Gasteiger partial charge in [0.1, 0.15) is 0 Å². The normalized spacial score (nSPS) is 22.0. The van der Waals surface area contributed by atoms with E-state index in [1.807, 2.05) is 6.92 Å². The van der Waals surface area contributed by atoms with Crippen LogP contribution >= 0.6 is 0 Å². The first-order valence-corrected chi connectivity index (χ1v) is 6.61. The minimum atomic E-state index is -1.13. The molecule has 0 spiro atoms. The zero-order valence-electron chi connectivity index (χ0n) is 11.2. The fourth-order valence-electron chi connectivity index (χ4n) is 2.26. The molecule has 0 amide bonds. The Morgan fingerprint density at radius 3 is 2.74 bits per heavy atom. The summed E-state index contributed by atoms with van der Waals surface area (Å²) < 4.78 is 16.0. The lowest BCUT2D eigenvalue weighted by molar-refractivity contribution is -0.0256. The van der Waals surface area contributed by atoms with Crippen molar-refractivity contribution in [2.24, 2.45) is 5.92 Å². The lowest BCUT2D eigenvalue weighted by atomic mass is 9.80. The van der Waals surface area contributed by atoms with Crippen LogP contribution in [0, 0.1) is 5.92 Å². The molecule has 1 aliphatic carbocycles. The zero-order valence-corrected chi connectivity index (χ0v) is 11.2. The van der Waals surface area contributed by atoms with Crippen molar-refractivity contribution < 1.29 is 23.8 Å². The van der Waals surface area contributed by atoms with Gasteiger partial charge in [0.25, 0.3) is 0 Å². The topological polar surface area (TPSA) is 81.8 Å². The summed E-state index contributed by atoms with van der Waals surface area (Å²) in [5, 5.41) is 9.00.